The molecule has 0 spiro atoms. The van der Waals surface area contributed by atoms with E-state index in [1.165, 1.54) is 19.2 Å². The highest BCUT2D eigenvalue weighted by Gasteiger charge is 2.19. The molecule has 7 heteroatoms. The number of amides is 1. The average Bonchev–Trinajstić information content (AvgIpc) is 2.44. The van der Waals surface area contributed by atoms with Gasteiger partial charge in [0.05, 0.1) is 11.5 Å². The summed E-state index contributed by atoms with van der Waals surface area (Å²) < 4.78 is 28.1. The van der Waals surface area contributed by atoms with Crippen molar-refractivity contribution < 1.29 is 17.9 Å². The molecule has 1 unspecified atom stereocenters. The third-order valence-electron chi connectivity index (χ3n) is 3.43. The molecule has 1 rings (SSSR count). The van der Waals surface area contributed by atoms with Crippen molar-refractivity contribution in [1.82, 2.24) is 4.90 Å². The van der Waals surface area contributed by atoms with Crippen LogP contribution in [0.1, 0.15) is 36.2 Å². The van der Waals surface area contributed by atoms with Gasteiger partial charge in [-0.1, -0.05) is 6.92 Å². The van der Waals surface area contributed by atoms with Crippen molar-refractivity contribution in [1.29, 1.82) is 0 Å². The first-order valence-corrected chi connectivity index (χ1v) is 8.18. The molecular formula is C14H22N2O4S. The van der Waals surface area contributed by atoms with E-state index in [-0.39, 0.29) is 29.0 Å². The zero-order valence-electron chi connectivity index (χ0n) is 12.8. The number of benzene rings is 1. The second kappa shape index (κ2) is 7.02. The van der Waals surface area contributed by atoms with E-state index in [1.807, 2.05) is 13.8 Å². The summed E-state index contributed by atoms with van der Waals surface area (Å²) in [6.45, 7) is 4.11. The van der Waals surface area contributed by atoms with Crippen LogP contribution in [0.2, 0.25) is 0 Å². The van der Waals surface area contributed by atoms with E-state index in [0.29, 0.717) is 5.56 Å². The molecule has 118 valence electrons. The fraction of sp³-hybridized carbons (Fsp3) is 0.500. The minimum atomic E-state index is -3.88. The second-order valence-corrected chi connectivity index (χ2v) is 6.58. The molecule has 21 heavy (non-hydrogen) atoms. The third-order valence-corrected chi connectivity index (χ3v) is 4.32. The summed E-state index contributed by atoms with van der Waals surface area (Å²) in [7, 11) is -0.690. The summed E-state index contributed by atoms with van der Waals surface area (Å²) in [5.41, 5.74) is 0.876. The van der Waals surface area contributed by atoms with E-state index >= 15 is 0 Å². The SMILES string of the molecule is CCC(C)N(C)C(=O)c1cc(COC)cc(S(N)(=O)=O)c1. The summed E-state index contributed by atoms with van der Waals surface area (Å²) in [6, 6.07) is 4.40. The highest BCUT2D eigenvalue weighted by molar-refractivity contribution is 7.89. The Labute approximate surface area is 125 Å². The number of hydrogen-bond acceptors (Lipinski definition) is 4. The predicted molar refractivity (Wildman–Crippen MR) is 80.4 cm³/mol. The standard InChI is InChI=1S/C14H22N2O4S/c1-5-10(2)16(3)14(17)12-6-11(9-20-4)7-13(8-12)21(15,18)19/h6-8,10H,5,9H2,1-4H3,(H2,15,18,19). The zero-order chi connectivity index (χ0) is 16.2. The Hall–Kier alpha value is -1.44. The van der Waals surface area contributed by atoms with Gasteiger partial charge in [0, 0.05) is 25.8 Å². The molecule has 2 N–H and O–H groups in total. The number of methoxy groups -OCH3 is 1. The highest BCUT2D eigenvalue weighted by Crippen LogP contribution is 2.17. The molecule has 0 aliphatic carbocycles. The van der Waals surface area contributed by atoms with Crippen LogP contribution in [0.4, 0.5) is 0 Å². The fourth-order valence-corrected chi connectivity index (χ4v) is 2.48. The Kier molecular flexibility index (Phi) is 5.88. The molecule has 0 aromatic heterocycles. The number of ether oxygens (including phenoxy) is 1. The van der Waals surface area contributed by atoms with Crippen LogP contribution in [0, 0.1) is 0 Å². The van der Waals surface area contributed by atoms with E-state index in [9.17, 15) is 13.2 Å². The molecule has 1 aromatic carbocycles. The molecule has 0 aliphatic heterocycles. The lowest BCUT2D eigenvalue weighted by Gasteiger charge is -2.24. The molecule has 0 radical (unpaired) electrons. The van der Waals surface area contributed by atoms with Gasteiger partial charge in [-0.2, -0.15) is 0 Å². The van der Waals surface area contributed by atoms with Crippen molar-refractivity contribution in [2.45, 2.75) is 37.8 Å². The molecule has 6 nitrogen and oxygen atoms in total. The maximum Gasteiger partial charge on any atom is 0.253 e. The first-order chi connectivity index (χ1) is 9.70. The summed E-state index contributed by atoms with van der Waals surface area (Å²) in [5.74, 6) is -0.243. The lowest BCUT2D eigenvalue weighted by Crippen LogP contribution is -2.34. The molecule has 1 amide bonds. The Balaban J connectivity index is 3.29. The van der Waals surface area contributed by atoms with Gasteiger partial charge in [0.2, 0.25) is 10.0 Å². The molecule has 0 heterocycles. The third kappa shape index (κ3) is 4.52. The summed E-state index contributed by atoms with van der Waals surface area (Å²) in [6.07, 6.45) is 0.808. The van der Waals surface area contributed by atoms with Crippen LogP contribution < -0.4 is 5.14 Å². The minimum absolute atomic E-state index is 0.0570. The Morgan fingerprint density at radius 3 is 2.48 bits per heavy atom. The number of carbonyl (C=O) groups is 1. The van der Waals surface area contributed by atoms with Gasteiger partial charge in [-0.3, -0.25) is 4.79 Å². The molecule has 0 saturated heterocycles. The van der Waals surface area contributed by atoms with E-state index in [4.69, 9.17) is 9.88 Å². The molecule has 0 bridgehead atoms. The molecule has 0 saturated carbocycles. The molecule has 0 aliphatic rings. The number of hydrogen-bond donors (Lipinski definition) is 1. The smallest absolute Gasteiger partial charge is 0.253 e. The van der Waals surface area contributed by atoms with Crippen molar-refractivity contribution in [2.24, 2.45) is 5.14 Å². The molecule has 0 fully saturated rings. The van der Waals surface area contributed by atoms with E-state index in [1.54, 1.807) is 18.0 Å². The predicted octanol–water partition coefficient (Wildman–Crippen LogP) is 1.35. The van der Waals surface area contributed by atoms with Crippen molar-refractivity contribution in [3.8, 4) is 0 Å². The largest absolute Gasteiger partial charge is 0.380 e. The summed E-state index contributed by atoms with van der Waals surface area (Å²) >= 11 is 0. The number of sulfonamides is 1. The van der Waals surface area contributed by atoms with Gasteiger partial charge in [0.15, 0.2) is 0 Å². The zero-order valence-corrected chi connectivity index (χ0v) is 13.6. The Morgan fingerprint density at radius 1 is 1.38 bits per heavy atom. The van der Waals surface area contributed by atoms with E-state index < -0.39 is 10.0 Å². The quantitative estimate of drug-likeness (QED) is 0.858. The lowest BCUT2D eigenvalue weighted by molar-refractivity contribution is 0.0740. The van der Waals surface area contributed by atoms with E-state index in [0.717, 1.165) is 6.42 Å². The summed E-state index contributed by atoms with van der Waals surface area (Å²) in [5, 5.41) is 5.16. The first kappa shape index (κ1) is 17.6. The maximum atomic E-state index is 12.4. The van der Waals surface area contributed by atoms with Gasteiger partial charge in [0.1, 0.15) is 0 Å². The van der Waals surface area contributed by atoms with Gasteiger partial charge in [-0.05, 0) is 37.1 Å². The van der Waals surface area contributed by atoms with Gasteiger partial charge in [-0.25, -0.2) is 13.6 Å². The highest BCUT2D eigenvalue weighted by atomic mass is 32.2. The van der Waals surface area contributed by atoms with Gasteiger partial charge in [-0.15, -0.1) is 0 Å². The van der Waals surface area contributed by atoms with Crippen LogP contribution in [0.3, 0.4) is 0 Å². The number of nitrogens with zero attached hydrogens (tertiary/aromatic N) is 1. The Bertz CT molecular complexity index is 613. The van der Waals surface area contributed by atoms with Crippen LogP contribution in [0.5, 0.6) is 0 Å². The van der Waals surface area contributed by atoms with Crippen LogP contribution >= 0.6 is 0 Å². The molecular weight excluding hydrogens is 292 g/mol. The number of rotatable bonds is 6. The normalized spacial score (nSPS) is 13.0. The minimum Gasteiger partial charge on any atom is -0.380 e. The van der Waals surface area contributed by atoms with Crippen LogP contribution in [0.15, 0.2) is 23.1 Å². The Morgan fingerprint density at radius 2 is 2.00 bits per heavy atom. The number of primary sulfonamides is 1. The molecule has 1 atom stereocenters. The number of nitrogens with two attached hydrogens (primary N) is 1. The van der Waals surface area contributed by atoms with Gasteiger partial charge in [0.25, 0.3) is 5.91 Å². The van der Waals surface area contributed by atoms with Crippen molar-refractivity contribution in [3.05, 3.63) is 29.3 Å². The van der Waals surface area contributed by atoms with E-state index in [2.05, 4.69) is 0 Å². The van der Waals surface area contributed by atoms with Crippen LogP contribution in [0.25, 0.3) is 0 Å². The van der Waals surface area contributed by atoms with Crippen LogP contribution in [-0.2, 0) is 21.4 Å². The second-order valence-electron chi connectivity index (χ2n) is 5.02. The maximum absolute atomic E-state index is 12.4. The topological polar surface area (TPSA) is 89.7 Å². The molecule has 1 aromatic rings. The van der Waals surface area contributed by atoms with Crippen molar-refractivity contribution in [2.75, 3.05) is 14.2 Å². The van der Waals surface area contributed by atoms with Crippen molar-refractivity contribution in [3.63, 3.8) is 0 Å². The fourth-order valence-electron chi connectivity index (χ4n) is 1.88. The number of carbonyl (C=O) groups excluding carboxylic acids is 1. The van der Waals surface area contributed by atoms with Crippen LogP contribution in [-0.4, -0.2) is 39.4 Å². The summed E-state index contributed by atoms with van der Waals surface area (Å²) in [4.78, 5) is 13.9. The first-order valence-electron chi connectivity index (χ1n) is 6.63. The van der Waals surface area contributed by atoms with Gasteiger partial charge >= 0.3 is 0 Å². The van der Waals surface area contributed by atoms with Crippen molar-refractivity contribution >= 4 is 15.9 Å². The lowest BCUT2D eigenvalue weighted by atomic mass is 10.1. The average molecular weight is 314 g/mol. The van der Waals surface area contributed by atoms with Gasteiger partial charge < -0.3 is 9.64 Å². The monoisotopic (exact) mass is 314 g/mol.